The van der Waals surface area contributed by atoms with Gasteiger partial charge >= 0.3 is 5.97 Å². The minimum atomic E-state index is -0.919. The molecule has 0 aromatic carbocycles. The summed E-state index contributed by atoms with van der Waals surface area (Å²) >= 11 is 0. The predicted molar refractivity (Wildman–Crippen MR) is 47.8 cm³/mol. The van der Waals surface area contributed by atoms with Crippen molar-refractivity contribution in [1.82, 2.24) is 10.3 Å². The predicted octanol–water partition coefficient (Wildman–Crippen LogP) is 0.726. The topological polar surface area (TPSA) is 75.4 Å². The SMILES string of the molecule is O=C(O)Cc1nc(C2CCCN2)co1. The number of hydrogen-bond acceptors (Lipinski definition) is 4. The molecule has 1 aliphatic rings. The van der Waals surface area contributed by atoms with Crippen LogP contribution in [0.3, 0.4) is 0 Å². The van der Waals surface area contributed by atoms with E-state index in [-0.39, 0.29) is 18.4 Å². The molecule has 0 aliphatic carbocycles. The monoisotopic (exact) mass is 196 g/mol. The maximum absolute atomic E-state index is 10.4. The second-order valence-corrected chi connectivity index (χ2v) is 3.39. The first-order valence-corrected chi connectivity index (χ1v) is 4.65. The summed E-state index contributed by atoms with van der Waals surface area (Å²) in [4.78, 5) is 14.5. The van der Waals surface area contributed by atoms with E-state index in [0.717, 1.165) is 25.1 Å². The van der Waals surface area contributed by atoms with Gasteiger partial charge in [-0.1, -0.05) is 0 Å². The Morgan fingerprint density at radius 3 is 3.29 bits per heavy atom. The molecule has 5 heteroatoms. The van der Waals surface area contributed by atoms with E-state index in [2.05, 4.69) is 10.3 Å². The number of carboxylic acid groups (broad SMARTS) is 1. The molecule has 0 spiro atoms. The number of hydrogen-bond donors (Lipinski definition) is 2. The minimum Gasteiger partial charge on any atom is -0.481 e. The summed E-state index contributed by atoms with van der Waals surface area (Å²) in [7, 11) is 0. The Balaban J connectivity index is 2.05. The van der Waals surface area contributed by atoms with Crippen LogP contribution in [0, 0.1) is 0 Å². The lowest BCUT2D eigenvalue weighted by atomic mass is 10.2. The Morgan fingerprint density at radius 2 is 2.64 bits per heavy atom. The molecule has 1 saturated heterocycles. The summed E-state index contributed by atoms with van der Waals surface area (Å²) in [6, 6.07) is 0.237. The smallest absolute Gasteiger partial charge is 0.312 e. The van der Waals surface area contributed by atoms with Crippen molar-refractivity contribution in [3.8, 4) is 0 Å². The number of oxazole rings is 1. The fourth-order valence-corrected chi connectivity index (χ4v) is 1.63. The summed E-state index contributed by atoms with van der Waals surface area (Å²) in [6.07, 6.45) is 3.57. The van der Waals surface area contributed by atoms with E-state index in [1.165, 1.54) is 0 Å². The second kappa shape index (κ2) is 3.79. The largest absolute Gasteiger partial charge is 0.481 e. The summed E-state index contributed by atoms with van der Waals surface area (Å²) < 4.78 is 5.06. The number of rotatable bonds is 3. The van der Waals surface area contributed by atoms with E-state index in [4.69, 9.17) is 9.52 Å². The standard InChI is InChI=1S/C9H12N2O3/c12-9(13)4-8-11-7(5-14-8)6-2-1-3-10-6/h5-6,10H,1-4H2,(H,12,13). The maximum Gasteiger partial charge on any atom is 0.312 e. The van der Waals surface area contributed by atoms with Crippen LogP contribution < -0.4 is 5.32 Å². The highest BCUT2D eigenvalue weighted by Crippen LogP contribution is 2.22. The third kappa shape index (κ3) is 1.93. The summed E-state index contributed by atoms with van der Waals surface area (Å²) in [5.74, 6) is -0.640. The molecular formula is C9H12N2O3. The van der Waals surface area contributed by atoms with Crippen molar-refractivity contribution in [1.29, 1.82) is 0 Å². The highest BCUT2D eigenvalue weighted by atomic mass is 16.4. The number of carboxylic acids is 1. The Bertz CT molecular complexity index is 329. The summed E-state index contributed by atoms with van der Waals surface area (Å²) in [5.41, 5.74) is 0.818. The molecule has 0 bridgehead atoms. The molecule has 0 amide bonds. The van der Waals surface area contributed by atoms with Crippen molar-refractivity contribution in [2.75, 3.05) is 6.54 Å². The zero-order valence-corrected chi connectivity index (χ0v) is 7.69. The normalized spacial score (nSPS) is 21.3. The minimum absolute atomic E-state index is 0.146. The molecule has 2 rings (SSSR count). The van der Waals surface area contributed by atoms with E-state index in [1.807, 2.05) is 0 Å². The van der Waals surface area contributed by atoms with Gasteiger partial charge in [-0.15, -0.1) is 0 Å². The average molecular weight is 196 g/mol. The van der Waals surface area contributed by atoms with Gasteiger partial charge in [-0.2, -0.15) is 0 Å². The van der Waals surface area contributed by atoms with Crippen LogP contribution in [0.4, 0.5) is 0 Å². The lowest BCUT2D eigenvalue weighted by Gasteiger charge is -2.03. The van der Waals surface area contributed by atoms with Crippen molar-refractivity contribution in [2.24, 2.45) is 0 Å². The second-order valence-electron chi connectivity index (χ2n) is 3.39. The Kier molecular flexibility index (Phi) is 2.49. The number of aromatic nitrogens is 1. The van der Waals surface area contributed by atoms with Gasteiger partial charge in [0.25, 0.3) is 0 Å². The molecular weight excluding hydrogens is 184 g/mol. The molecule has 2 heterocycles. The number of aliphatic carboxylic acids is 1. The number of carbonyl (C=O) groups is 1. The molecule has 14 heavy (non-hydrogen) atoms. The van der Waals surface area contributed by atoms with Crippen LogP contribution in [-0.2, 0) is 11.2 Å². The molecule has 1 aliphatic heterocycles. The molecule has 0 saturated carbocycles. The molecule has 76 valence electrons. The van der Waals surface area contributed by atoms with Gasteiger partial charge in [-0.25, -0.2) is 4.98 Å². The van der Waals surface area contributed by atoms with Crippen LogP contribution in [0.1, 0.15) is 30.5 Å². The van der Waals surface area contributed by atoms with Crippen molar-refractivity contribution in [3.63, 3.8) is 0 Å². The Labute approximate surface area is 81.1 Å². The van der Waals surface area contributed by atoms with Crippen molar-refractivity contribution in [3.05, 3.63) is 17.8 Å². The highest BCUT2D eigenvalue weighted by molar-refractivity contribution is 5.68. The van der Waals surface area contributed by atoms with Crippen LogP contribution in [0.2, 0.25) is 0 Å². The van der Waals surface area contributed by atoms with Crippen LogP contribution >= 0.6 is 0 Å². The van der Waals surface area contributed by atoms with Gasteiger partial charge in [-0.05, 0) is 19.4 Å². The highest BCUT2D eigenvalue weighted by Gasteiger charge is 2.20. The number of nitrogens with zero attached hydrogens (tertiary/aromatic N) is 1. The third-order valence-corrected chi connectivity index (χ3v) is 2.29. The zero-order chi connectivity index (χ0) is 9.97. The van der Waals surface area contributed by atoms with E-state index in [9.17, 15) is 4.79 Å². The van der Waals surface area contributed by atoms with Gasteiger partial charge in [0.1, 0.15) is 12.7 Å². The summed E-state index contributed by atoms with van der Waals surface area (Å²) in [5, 5.41) is 11.8. The quantitative estimate of drug-likeness (QED) is 0.745. The molecule has 1 aromatic rings. The number of nitrogens with one attached hydrogen (secondary N) is 1. The summed E-state index contributed by atoms with van der Waals surface area (Å²) in [6.45, 7) is 0.992. The molecule has 5 nitrogen and oxygen atoms in total. The van der Waals surface area contributed by atoms with Crippen molar-refractivity contribution < 1.29 is 14.3 Å². The van der Waals surface area contributed by atoms with Gasteiger partial charge in [-0.3, -0.25) is 4.79 Å². The molecule has 1 unspecified atom stereocenters. The van der Waals surface area contributed by atoms with E-state index in [1.54, 1.807) is 6.26 Å². The van der Waals surface area contributed by atoms with Crippen molar-refractivity contribution in [2.45, 2.75) is 25.3 Å². The van der Waals surface area contributed by atoms with Crippen LogP contribution in [0.25, 0.3) is 0 Å². The Morgan fingerprint density at radius 1 is 1.79 bits per heavy atom. The maximum atomic E-state index is 10.4. The van der Waals surface area contributed by atoms with E-state index >= 15 is 0 Å². The lowest BCUT2D eigenvalue weighted by Crippen LogP contribution is -2.13. The molecule has 1 aromatic heterocycles. The first kappa shape index (κ1) is 9.21. The van der Waals surface area contributed by atoms with Gasteiger partial charge in [0.15, 0.2) is 0 Å². The Hall–Kier alpha value is -1.36. The van der Waals surface area contributed by atoms with Gasteiger partial charge < -0.3 is 14.8 Å². The average Bonchev–Trinajstić information content (AvgIpc) is 2.69. The van der Waals surface area contributed by atoms with E-state index < -0.39 is 5.97 Å². The molecule has 1 fully saturated rings. The lowest BCUT2D eigenvalue weighted by molar-refractivity contribution is -0.136. The van der Waals surface area contributed by atoms with Crippen molar-refractivity contribution >= 4 is 5.97 Å². The van der Waals surface area contributed by atoms with Gasteiger partial charge in [0, 0.05) is 0 Å². The first-order chi connectivity index (χ1) is 6.75. The van der Waals surface area contributed by atoms with Crippen LogP contribution in [0.15, 0.2) is 10.7 Å². The fraction of sp³-hybridized carbons (Fsp3) is 0.556. The zero-order valence-electron chi connectivity index (χ0n) is 7.69. The van der Waals surface area contributed by atoms with Crippen LogP contribution in [-0.4, -0.2) is 22.6 Å². The van der Waals surface area contributed by atoms with Crippen LogP contribution in [0.5, 0.6) is 0 Å². The van der Waals surface area contributed by atoms with Gasteiger partial charge in [0.2, 0.25) is 5.89 Å². The van der Waals surface area contributed by atoms with Gasteiger partial charge in [0.05, 0.1) is 11.7 Å². The first-order valence-electron chi connectivity index (χ1n) is 4.65. The third-order valence-electron chi connectivity index (χ3n) is 2.29. The molecule has 1 atom stereocenters. The fourth-order valence-electron chi connectivity index (χ4n) is 1.63. The van der Waals surface area contributed by atoms with E-state index in [0.29, 0.717) is 0 Å². The molecule has 0 radical (unpaired) electrons. The molecule has 2 N–H and O–H groups in total.